The molecule has 3 heterocycles. The van der Waals surface area contributed by atoms with Crippen LogP contribution in [0.4, 0.5) is 0 Å². The quantitative estimate of drug-likeness (QED) is 0.932. The maximum absolute atomic E-state index is 13.1. The van der Waals surface area contributed by atoms with Crippen LogP contribution in [-0.2, 0) is 24.8 Å². The van der Waals surface area contributed by atoms with Gasteiger partial charge in [-0.2, -0.15) is 5.10 Å². The van der Waals surface area contributed by atoms with Gasteiger partial charge in [-0.3, -0.25) is 9.89 Å². The standard InChI is InChI=1S/C17H25N5O2/c1-10(2)22(8-13-7-18-9-21(13)5)17(23)16-14-6-11(3)24-12(4)15(14)19-20-16/h7,9-12H,6,8H2,1-5H3,(H,19,20)/t11-,12+/m0/s1. The average Bonchev–Trinajstić information content (AvgIpc) is 3.10. The Bertz CT molecular complexity index is 733. The number of nitrogens with zero attached hydrogens (tertiary/aromatic N) is 4. The molecule has 3 rings (SSSR count). The van der Waals surface area contributed by atoms with E-state index in [1.807, 2.05) is 44.2 Å². The van der Waals surface area contributed by atoms with E-state index < -0.39 is 0 Å². The summed E-state index contributed by atoms with van der Waals surface area (Å²) in [5.41, 5.74) is 3.41. The van der Waals surface area contributed by atoms with E-state index in [-0.39, 0.29) is 24.2 Å². The summed E-state index contributed by atoms with van der Waals surface area (Å²) in [7, 11) is 1.93. The molecule has 2 atom stereocenters. The van der Waals surface area contributed by atoms with Gasteiger partial charge >= 0.3 is 0 Å². The third-order valence-electron chi connectivity index (χ3n) is 4.57. The van der Waals surface area contributed by atoms with Crippen LogP contribution < -0.4 is 0 Å². The molecule has 0 aromatic carbocycles. The van der Waals surface area contributed by atoms with Gasteiger partial charge in [-0.25, -0.2) is 4.98 Å². The minimum Gasteiger partial charge on any atom is -0.369 e. The molecule has 24 heavy (non-hydrogen) atoms. The fourth-order valence-corrected chi connectivity index (χ4v) is 3.19. The molecule has 1 aliphatic heterocycles. The summed E-state index contributed by atoms with van der Waals surface area (Å²) >= 11 is 0. The van der Waals surface area contributed by atoms with Crippen LogP contribution in [0.5, 0.6) is 0 Å². The molecule has 130 valence electrons. The highest BCUT2D eigenvalue weighted by Gasteiger charge is 2.32. The Balaban J connectivity index is 1.90. The van der Waals surface area contributed by atoms with Gasteiger partial charge in [0.25, 0.3) is 5.91 Å². The molecule has 0 saturated carbocycles. The van der Waals surface area contributed by atoms with Gasteiger partial charge in [-0.05, 0) is 27.7 Å². The first kappa shape index (κ1) is 16.7. The van der Waals surface area contributed by atoms with Gasteiger partial charge in [0.05, 0.1) is 36.5 Å². The van der Waals surface area contributed by atoms with Crippen molar-refractivity contribution in [3.05, 3.63) is 35.2 Å². The van der Waals surface area contributed by atoms with Crippen molar-refractivity contribution in [3.8, 4) is 0 Å². The van der Waals surface area contributed by atoms with Crippen molar-refractivity contribution in [3.63, 3.8) is 0 Å². The van der Waals surface area contributed by atoms with Gasteiger partial charge in [0, 0.05) is 31.3 Å². The lowest BCUT2D eigenvalue weighted by Crippen LogP contribution is -2.38. The number of hydrogen-bond donors (Lipinski definition) is 1. The normalized spacial score (nSPS) is 20.2. The van der Waals surface area contributed by atoms with E-state index in [0.29, 0.717) is 18.7 Å². The summed E-state index contributed by atoms with van der Waals surface area (Å²) in [6.45, 7) is 8.55. The van der Waals surface area contributed by atoms with Crippen LogP contribution in [0.3, 0.4) is 0 Å². The molecule has 0 bridgehead atoms. The molecular weight excluding hydrogens is 306 g/mol. The number of carbonyl (C=O) groups is 1. The number of nitrogens with one attached hydrogen (secondary N) is 1. The number of hydrogen-bond acceptors (Lipinski definition) is 4. The Morgan fingerprint density at radius 1 is 1.50 bits per heavy atom. The Morgan fingerprint density at radius 2 is 2.25 bits per heavy atom. The fourth-order valence-electron chi connectivity index (χ4n) is 3.19. The highest BCUT2D eigenvalue weighted by Crippen LogP contribution is 2.31. The largest absolute Gasteiger partial charge is 0.369 e. The van der Waals surface area contributed by atoms with Crippen LogP contribution in [0.15, 0.2) is 12.5 Å². The SMILES string of the molecule is CC(C)N(Cc1cncn1C)C(=O)c1n[nH]c2c1C[C@H](C)O[C@@H]2C. The van der Waals surface area contributed by atoms with Gasteiger partial charge < -0.3 is 14.2 Å². The zero-order chi connectivity index (χ0) is 17.4. The zero-order valence-electron chi connectivity index (χ0n) is 14.9. The Labute approximate surface area is 142 Å². The summed E-state index contributed by atoms with van der Waals surface area (Å²) < 4.78 is 7.74. The first-order chi connectivity index (χ1) is 11.4. The minimum absolute atomic E-state index is 0.0509. The van der Waals surface area contributed by atoms with Crippen LogP contribution in [0.2, 0.25) is 0 Å². The Hall–Kier alpha value is -2.15. The van der Waals surface area contributed by atoms with E-state index in [2.05, 4.69) is 15.2 Å². The van der Waals surface area contributed by atoms with Gasteiger partial charge in [0.1, 0.15) is 0 Å². The lowest BCUT2D eigenvalue weighted by atomic mass is 9.99. The van der Waals surface area contributed by atoms with Gasteiger partial charge in [0.15, 0.2) is 5.69 Å². The third-order valence-corrected chi connectivity index (χ3v) is 4.57. The van der Waals surface area contributed by atoms with Crippen molar-refractivity contribution in [2.24, 2.45) is 7.05 Å². The number of rotatable bonds is 4. The summed E-state index contributed by atoms with van der Waals surface area (Å²) in [6.07, 6.45) is 4.26. The molecule has 1 amide bonds. The number of H-pyrrole nitrogens is 1. The maximum atomic E-state index is 13.1. The molecule has 2 aromatic heterocycles. The number of aromatic nitrogens is 4. The molecule has 7 heteroatoms. The highest BCUT2D eigenvalue weighted by atomic mass is 16.5. The lowest BCUT2D eigenvalue weighted by molar-refractivity contribution is -0.00703. The molecular formula is C17H25N5O2. The van der Waals surface area contributed by atoms with Gasteiger partial charge in [0.2, 0.25) is 0 Å². The van der Waals surface area contributed by atoms with E-state index in [0.717, 1.165) is 17.0 Å². The third kappa shape index (κ3) is 2.96. The topological polar surface area (TPSA) is 76.0 Å². The molecule has 2 aromatic rings. The van der Waals surface area contributed by atoms with Crippen molar-refractivity contribution >= 4 is 5.91 Å². The summed E-state index contributed by atoms with van der Waals surface area (Å²) in [4.78, 5) is 19.1. The summed E-state index contributed by atoms with van der Waals surface area (Å²) in [6, 6.07) is 0.0643. The smallest absolute Gasteiger partial charge is 0.275 e. The first-order valence-corrected chi connectivity index (χ1v) is 8.37. The van der Waals surface area contributed by atoms with Crippen LogP contribution in [0.1, 0.15) is 61.2 Å². The second-order valence-corrected chi connectivity index (χ2v) is 6.78. The van der Waals surface area contributed by atoms with E-state index >= 15 is 0 Å². The van der Waals surface area contributed by atoms with Crippen molar-refractivity contribution in [1.29, 1.82) is 0 Å². The number of ether oxygens (including phenoxy) is 1. The number of fused-ring (bicyclic) bond motifs is 1. The van der Waals surface area contributed by atoms with Crippen LogP contribution in [0, 0.1) is 0 Å². The zero-order valence-corrected chi connectivity index (χ0v) is 14.9. The highest BCUT2D eigenvalue weighted by molar-refractivity contribution is 5.94. The second-order valence-electron chi connectivity index (χ2n) is 6.78. The van der Waals surface area contributed by atoms with E-state index in [1.165, 1.54) is 0 Å². The van der Waals surface area contributed by atoms with Crippen LogP contribution >= 0.6 is 0 Å². The van der Waals surface area contributed by atoms with E-state index in [9.17, 15) is 4.79 Å². The number of carbonyl (C=O) groups excluding carboxylic acids is 1. The van der Waals surface area contributed by atoms with E-state index in [4.69, 9.17) is 4.74 Å². The molecule has 0 fully saturated rings. The Kier molecular flexibility index (Phi) is 4.45. The number of aromatic amines is 1. The monoisotopic (exact) mass is 331 g/mol. The molecule has 0 saturated heterocycles. The average molecular weight is 331 g/mol. The molecule has 0 radical (unpaired) electrons. The Morgan fingerprint density at radius 3 is 2.88 bits per heavy atom. The fraction of sp³-hybridized carbons (Fsp3) is 0.588. The van der Waals surface area contributed by atoms with Crippen LogP contribution in [0.25, 0.3) is 0 Å². The number of aryl methyl sites for hydroxylation is 1. The second kappa shape index (κ2) is 6.39. The van der Waals surface area contributed by atoms with Crippen molar-refractivity contribution < 1.29 is 9.53 Å². The number of amides is 1. The lowest BCUT2D eigenvalue weighted by Gasteiger charge is -2.28. The predicted octanol–water partition coefficient (Wildman–Crippen LogP) is 2.22. The molecule has 1 N–H and O–H groups in total. The van der Waals surface area contributed by atoms with Crippen LogP contribution in [-0.4, -0.2) is 42.7 Å². The van der Waals surface area contributed by atoms with Crippen molar-refractivity contribution in [2.75, 3.05) is 0 Å². The summed E-state index contributed by atoms with van der Waals surface area (Å²) in [5, 5.41) is 7.32. The molecule has 0 unspecified atom stereocenters. The van der Waals surface area contributed by atoms with Crippen molar-refractivity contribution in [1.82, 2.24) is 24.6 Å². The van der Waals surface area contributed by atoms with Gasteiger partial charge in [-0.1, -0.05) is 0 Å². The minimum atomic E-state index is -0.0672. The number of imidazole rings is 1. The maximum Gasteiger partial charge on any atom is 0.275 e. The molecule has 0 spiro atoms. The molecule has 0 aliphatic carbocycles. The first-order valence-electron chi connectivity index (χ1n) is 8.37. The summed E-state index contributed by atoms with van der Waals surface area (Å²) in [5.74, 6) is -0.0509. The van der Waals surface area contributed by atoms with E-state index in [1.54, 1.807) is 12.5 Å². The van der Waals surface area contributed by atoms with Crippen molar-refractivity contribution in [2.45, 2.75) is 58.9 Å². The molecule has 7 nitrogen and oxygen atoms in total. The van der Waals surface area contributed by atoms with Gasteiger partial charge in [-0.15, -0.1) is 0 Å². The predicted molar refractivity (Wildman–Crippen MR) is 89.5 cm³/mol. The molecule has 1 aliphatic rings.